The first kappa shape index (κ1) is 12.6. The van der Waals surface area contributed by atoms with Gasteiger partial charge in [-0.25, -0.2) is 4.39 Å². The van der Waals surface area contributed by atoms with E-state index < -0.39 is 17.5 Å². The molecule has 0 spiro atoms. The molecule has 1 aromatic carbocycles. The molecule has 0 amide bonds. The molecule has 0 heterocycles. The molecule has 5 heteroatoms. The van der Waals surface area contributed by atoms with Crippen LogP contribution in [0.15, 0.2) is 30.3 Å². The second kappa shape index (κ2) is 6.23. The molecule has 2 unspecified atom stereocenters. The number of hydrogen-bond acceptors (Lipinski definition) is 3. The highest BCUT2D eigenvalue weighted by Crippen LogP contribution is 2.09. The van der Waals surface area contributed by atoms with E-state index in [1.165, 1.54) is 0 Å². The molecule has 2 atom stereocenters. The number of hydrogen-bond donors (Lipinski definition) is 0. The Morgan fingerprint density at radius 2 is 2.06 bits per heavy atom. The Morgan fingerprint density at radius 1 is 1.44 bits per heavy atom. The maximum atomic E-state index is 12.7. The number of alkyl halides is 2. The predicted octanol–water partition coefficient (Wildman–Crippen LogP) is 1.87. The van der Waals surface area contributed by atoms with Crippen LogP contribution in [0.25, 0.3) is 0 Å². The van der Waals surface area contributed by atoms with Gasteiger partial charge in [-0.1, -0.05) is 30.3 Å². The molecular formula is C11H10ClFO3. The summed E-state index contributed by atoms with van der Waals surface area (Å²) in [4.78, 5) is 21.2. The summed E-state index contributed by atoms with van der Waals surface area (Å²) in [6, 6.07) is 8.89. The molecule has 0 N–H and O–H groups in total. The lowest BCUT2D eigenvalue weighted by atomic mass is 10.2. The fraction of sp³-hybridized carbons (Fsp3) is 0.273. The van der Waals surface area contributed by atoms with Gasteiger partial charge >= 0.3 is 5.97 Å². The number of rotatable bonds is 5. The van der Waals surface area contributed by atoms with E-state index in [-0.39, 0.29) is 12.9 Å². The molecule has 1 aromatic rings. The third-order valence-electron chi connectivity index (χ3n) is 1.86. The number of ether oxygens (including phenoxy) is 1. The van der Waals surface area contributed by atoms with Crippen molar-refractivity contribution in [2.24, 2.45) is 0 Å². The first-order valence-corrected chi connectivity index (χ1v) is 5.03. The van der Waals surface area contributed by atoms with Crippen molar-refractivity contribution in [1.29, 1.82) is 0 Å². The van der Waals surface area contributed by atoms with Crippen LogP contribution in [0.2, 0.25) is 0 Å². The largest absolute Gasteiger partial charge is 0.460 e. The maximum absolute atomic E-state index is 12.7. The smallest absolute Gasteiger partial charge is 0.327 e. The van der Waals surface area contributed by atoms with Crippen molar-refractivity contribution < 1.29 is 18.7 Å². The standard InChI is InChI=1S/C11H10ClFO3/c12-10(9(13)6-14)11(15)16-7-8-4-2-1-3-5-8/h1-6,9-10H,7H2. The minimum atomic E-state index is -2.04. The number of benzene rings is 1. The van der Waals surface area contributed by atoms with Crippen molar-refractivity contribution in [2.75, 3.05) is 0 Å². The Balaban J connectivity index is 2.44. The lowest BCUT2D eigenvalue weighted by Gasteiger charge is -2.09. The van der Waals surface area contributed by atoms with E-state index in [1.54, 1.807) is 24.3 Å². The third-order valence-corrected chi connectivity index (χ3v) is 2.28. The van der Waals surface area contributed by atoms with E-state index >= 15 is 0 Å². The summed E-state index contributed by atoms with van der Waals surface area (Å²) in [7, 11) is 0. The molecule has 0 aromatic heterocycles. The molecule has 86 valence electrons. The summed E-state index contributed by atoms with van der Waals surface area (Å²) in [5, 5.41) is -1.58. The first-order valence-electron chi connectivity index (χ1n) is 4.59. The zero-order chi connectivity index (χ0) is 12.0. The summed E-state index contributed by atoms with van der Waals surface area (Å²) in [5.74, 6) is -0.940. The number of carbonyl (C=O) groups excluding carboxylic acids is 2. The van der Waals surface area contributed by atoms with Crippen LogP contribution in [-0.4, -0.2) is 23.8 Å². The van der Waals surface area contributed by atoms with Gasteiger partial charge in [0.1, 0.15) is 6.61 Å². The van der Waals surface area contributed by atoms with E-state index in [1.807, 2.05) is 6.07 Å². The van der Waals surface area contributed by atoms with Crippen molar-refractivity contribution in [1.82, 2.24) is 0 Å². The van der Waals surface area contributed by atoms with Crippen LogP contribution >= 0.6 is 11.6 Å². The number of esters is 1. The van der Waals surface area contributed by atoms with Gasteiger partial charge in [-0.05, 0) is 5.56 Å². The maximum Gasteiger partial charge on any atom is 0.327 e. The zero-order valence-electron chi connectivity index (χ0n) is 8.31. The average molecular weight is 245 g/mol. The Labute approximate surface area is 97.2 Å². The van der Waals surface area contributed by atoms with Crippen LogP contribution in [-0.2, 0) is 20.9 Å². The van der Waals surface area contributed by atoms with Gasteiger partial charge in [-0.3, -0.25) is 4.79 Å². The molecule has 1 rings (SSSR count). The molecule has 0 aliphatic heterocycles. The number of halogens is 2. The fourth-order valence-electron chi connectivity index (χ4n) is 1.01. The van der Waals surface area contributed by atoms with Crippen molar-refractivity contribution in [3.63, 3.8) is 0 Å². The number of aldehydes is 1. The van der Waals surface area contributed by atoms with Gasteiger partial charge in [0.2, 0.25) is 0 Å². The molecule has 3 nitrogen and oxygen atoms in total. The molecule has 0 saturated carbocycles. The van der Waals surface area contributed by atoms with E-state index in [9.17, 15) is 14.0 Å². The quantitative estimate of drug-likeness (QED) is 0.451. The van der Waals surface area contributed by atoms with Crippen LogP contribution in [0.3, 0.4) is 0 Å². The van der Waals surface area contributed by atoms with Crippen LogP contribution in [0.1, 0.15) is 5.56 Å². The van der Waals surface area contributed by atoms with Crippen LogP contribution in [0.4, 0.5) is 4.39 Å². The Hall–Kier alpha value is -1.42. The topological polar surface area (TPSA) is 43.4 Å². The van der Waals surface area contributed by atoms with Gasteiger partial charge in [0.05, 0.1) is 0 Å². The van der Waals surface area contributed by atoms with Crippen molar-refractivity contribution in [2.45, 2.75) is 18.2 Å². The Kier molecular flexibility index (Phi) is 4.92. The molecule has 0 bridgehead atoms. The highest BCUT2D eigenvalue weighted by Gasteiger charge is 2.27. The van der Waals surface area contributed by atoms with Crippen molar-refractivity contribution in [3.8, 4) is 0 Å². The summed E-state index contributed by atoms with van der Waals surface area (Å²) in [6.45, 7) is 0.00840. The lowest BCUT2D eigenvalue weighted by molar-refractivity contribution is -0.146. The Bertz CT molecular complexity index is 356. The van der Waals surface area contributed by atoms with Gasteiger partial charge in [0.25, 0.3) is 0 Å². The normalized spacial score (nSPS) is 13.9. The highest BCUT2D eigenvalue weighted by atomic mass is 35.5. The minimum absolute atomic E-state index is 0.00840. The van der Waals surface area contributed by atoms with E-state index in [0.29, 0.717) is 0 Å². The van der Waals surface area contributed by atoms with E-state index in [0.717, 1.165) is 5.56 Å². The van der Waals surface area contributed by atoms with Crippen LogP contribution in [0.5, 0.6) is 0 Å². The zero-order valence-corrected chi connectivity index (χ0v) is 9.06. The van der Waals surface area contributed by atoms with Crippen molar-refractivity contribution in [3.05, 3.63) is 35.9 Å². The van der Waals surface area contributed by atoms with Gasteiger partial charge in [-0.15, -0.1) is 11.6 Å². The molecule has 0 aliphatic rings. The summed E-state index contributed by atoms with van der Waals surface area (Å²) in [5.41, 5.74) is 0.765. The second-order valence-corrected chi connectivity index (χ2v) is 3.55. The Morgan fingerprint density at radius 3 is 2.62 bits per heavy atom. The third kappa shape index (κ3) is 3.62. The summed E-state index contributed by atoms with van der Waals surface area (Å²) in [6.07, 6.45) is -2.06. The van der Waals surface area contributed by atoms with Gasteiger partial charge in [0.15, 0.2) is 17.8 Å². The lowest BCUT2D eigenvalue weighted by Crippen LogP contribution is -2.28. The van der Waals surface area contributed by atoms with Gasteiger partial charge in [0, 0.05) is 0 Å². The van der Waals surface area contributed by atoms with E-state index in [2.05, 4.69) is 0 Å². The van der Waals surface area contributed by atoms with E-state index in [4.69, 9.17) is 16.3 Å². The summed E-state index contributed by atoms with van der Waals surface area (Å²) < 4.78 is 17.4. The second-order valence-electron chi connectivity index (χ2n) is 3.08. The number of carbonyl (C=O) groups is 2. The fourth-order valence-corrected chi connectivity index (χ4v) is 1.13. The van der Waals surface area contributed by atoms with Crippen molar-refractivity contribution >= 4 is 23.9 Å². The monoisotopic (exact) mass is 244 g/mol. The van der Waals surface area contributed by atoms with Crippen LogP contribution < -0.4 is 0 Å². The summed E-state index contributed by atoms with van der Waals surface area (Å²) >= 11 is 5.37. The predicted molar refractivity (Wildman–Crippen MR) is 56.8 cm³/mol. The molecule has 0 saturated heterocycles. The molecule has 0 radical (unpaired) electrons. The molecular weight excluding hydrogens is 235 g/mol. The SMILES string of the molecule is O=CC(F)C(Cl)C(=O)OCc1ccccc1. The highest BCUT2D eigenvalue weighted by molar-refractivity contribution is 6.31. The van der Waals surface area contributed by atoms with Gasteiger partial charge in [-0.2, -0.15) is 0 Å². The minimum Gasteiger partial charge on any atom is -0.460 e. The van der Waals surface area contributed by atoms with Crippen LogP contribution in [0, 0.1) is 0 Å². The molecule has 0 aliphatic carbocycles. The van der Waals surface area contributed by atoms with Gasteiger partial charge < -0.3 is 9.53 Å². The first-order chi connectivity index (χ1) is 7.65. The average Bonchev–Trinajstić information content (AvgIpc) is 2.35. The molecule has 0 fully saturated rings. The molecule has 16 heavy (non-hydrogen) atoms.